The second-order valence-electron chi connectivity index (χ2n) is 5.94. The smallest absolute Gasteiger partial charge is 0.261 e. The van der Waals surface area contributed by atoms with E-state index in [2.05, 4.69) is 0 Å². The van der Waals surface area contributed by atoms with E-state index in [4.69, 9.17) is 0 Å². The van der Waals surface area contributed by atoms with Gasteiger partial charge >= 0.3 is 0 Å². The fraction of sp³-hybridized carbons (Fsp3) is 0.158. The van der Waals surface area contributed by atoms with Gasteiger partial charge in [-0.2, -0.15) is 0 Å². The fourth-order valence-electron chi connectivity index (χ4n) is 3.04. The molecule has 2 amide bonds. The summed E-state index contributed by atoms with van der Waals surface area (Å²) < 4.78 is 14.5. The molecule has 4 rings (SSSR count). The van der Waals surface area contributed by atoms with Gasteiger partial charge in [0.15, 0.2) is 0 Å². The van der Waals surface area contributed by atoms with Crippen molar-refractivity contribution in [2.75, 3.05) is 24.5 Å². The Morgan fingerprint density at radius 2 is 1.42 bits per heavy atom. The maximum absolute atomic E-state index is 14.5. The third-order valence-corrected chi connectivity index (χ3v) is 4.44. The first-order valence-electron chi connectivity index (χ1n) is 7.77. The Morgan fingerprint density at radius 1 is 0.875 bits per heavy atom. The Bertz CT molecular complexity index is 818. The number of benzene rings is 2. The van der Waals surface area contributed by atoms with Gasteiger partial charge in [0.05, 0.1) is 17.7 Å². The molecule has 24 heavy (non-hydrogen) atoms. The van der Waals surface area contributed by atoms with Crippen LogP contribution in [0.15, 0.2) is 66.0 Å². The van der Waals surface area contributed by atoms with E-state index in [1.807, 2.05) is 35.2 Å². The molecule has 0 aromatic heterocycles. The molecule has 0 atom stereocenters. The molecule has 1 saturated heterocycles. The quantitative estimate of drug-likeness (QED) is 0.816. The number of rotatable bonds is 3. The third-order valence-electron chi connectivity index (χ3n) is 4.44. The molecule has 0 spiro atoms. The number of halogens is 1. The van der Waals surface area contributed by atoms with Crippen LogP contribution in [0.3, 0.4) is 0 Å². The maximum atomic E-state index is 14.5. The molecule has 0 radical (unpaired) electrons. The summed E-state index contributed by atoms with van der Waals surface area (Å²) in [5.74, 6) is -1.24. The van der Waals surface area contributed by atoms with Gasteiger partial charge in [0, 0.05) is 24.4 Å². The van der Waals surface area contributed by atoms with E-state index in [0.29, 0.717) is 29.8 Å². The summed E-state index contributed by atoms with van der Waals surface area (Å²) in [6.45, 7) is 0.683. The highest BCUT2D eigenvalue weighted by Crippen LogP contribution is 2.28. The van der Waals surface area contributed by atoms with Crippen molar-refractivity contribution in [2.45, 2.75) is 0 Å². The van der Waals surface area contributed by atoms with Crippen molar-refractivity contribution in [3.05, 3.63) is 77.1 Å². The average Bonchev–Trinajstić information content (AvgIpc) is 2.80. The number of carbonyl (C=O) groups excluding carboxylic acids is 2. The molecule has 2 aliphatic rings. The van der Waals surface area contributed by atoms with Crippen LogP contribution < -0.4 is 4.90 Å². The van der Waals surface area contributed by atoms with Gasteiger partial charge in [-0.15, -0.1) is 0 Å². The second kappa shape index (κ2) is 5.60. The van der Waals surface area contributed by atoms with Crippen LogP contribution in [0, 0.1) is 0 Å². The number of hydrogen-bond donors (Lipinski definition) is 0. The van der Waals surface area contributed by atoms with Crippen molar-refractivity contribution in [2.24, 2.45) is 0 Å². The highest BCUT2D eigenvalue weighted by Gasteiger charge is 2.36. The first-order chi connectivity index (χ1) is 11.6. The number of carbonyl (C=O) groups is 2. The minimum atomic E-state index is -0.425. The summed E-state index contributed by atoms with van der Waals surface area (Å²) in [5, 5.41) is 0. The van der Waals surface area contributed by atoms with E-state index in [9.17, 15) is 14.0 Å². The molecular formula is C19H15FN2O2. The van der Waals surface area contributed by atoms with Gasteiger partial charge in [-0.3, -0.25) is 14.5 Å². The van der Waals surface area contributed by atoms with E-state index >= 15 is 0 Å². The molecule has 0 aliphatic carbocycles. The van der Waals surface area contributed by atoms with Crippen LogP contribution in [-0.2, 0) is 0 Å². The monoisotopic (exact) mass is 322 g/mol. The molecule has 0 bridgehead atoms. The lowest BCUT2D eigenvalue weighted by Crippen LogP contribution is -2.42. The number of fused-ring (bicyclic) bond motifs is 1. The van der Waals surface area contributed by atoms with Crippen LogP contribution in [0.1, 0.15) is 20.7 Å². The van der Waals surface area contributed by atoms with Crippen LogP contribution in [0.4, 0.5) is 10.1 Å². The predicted molar refractivity (Wildman–Crippen MR) is 88.6 cm³/mol. The van der Waals surface area contributed by atoms with Gasteiger partial charge in [-0.25, -0.2) is 4.39 Å². The number of amides is 2. The predicted octanol–water partition coefficient (Wildman–Crippen LogP) is 3.03. The van der Waals surface area contributed by atoms with Gasteiger partial charge in [0.25, 0.3) is 11.8 Å². The Hall–Kier alpha value is -2.95. The summed E-state index contributed by atoms with van der Waals surface area (Å²) in [6, 6.07) is 16.3. The molecule has 0 saturated carbocycles. The molecule has 4 nitrogen and oxygen atoms in total. The molecule has 2 aliphatic heterocycles. The molecule has 0 unspecified atom stereocenters. The minimum absolute atomic E-state index is 0.287. The van der Waals surface area contributed by atoms with E-state index in [1.54, 1.807) is 24.3 Å². The number of anilines is 1. The van der Waals surface area contributed by atoms with Crippen LogP contribution >= 0.6 is 0 Å². The molecule has 120 valence electrons. The van der Waals surface area contributed by atoms with Gasteiger partial charge in [-0.1, -0.05) is 30.3 Å². The van der Waals surface area contributed by atoms with Crippen LogP contribution in [0.5, 0.6) is 0 Å². The number of nitrogens with zero attached hydrogens (tertiary/aromatic N) is 2. The SMILES string of the molecule is O=C1c2ccccc2C(=O)N1CC(F)=C1CN(c2ccccc2)C1. The molecule has 1 fully saturated rings. The first kappa shape index (κ1) is 14.6. The zero-order valence-corrected chi connectivity index (χ0v) is 12.9. The summed E-state index contributed by atoms with van der Waals surface area (Å²) in [4.78, 5) is 27.5. The topological polar surface area (TPSA) is 40.6 Å². The van der Waals surface area contributed by atoms with Crippen molar-refractivity contribution in [1.29, 1.82) is 0 Å². The maximum Gasteiger partial charge on any atom is 0.261 e. The average molecular weight is 322 g/mol. The molecule has 2 aromatic rings. The molecule has 2 aromatic carbocycles. The molecule has 5 heteroatoms. The standard InChI is InChI=1S/C19H15FN2O2/c20-17(13-10-21(11-13)14-6-2-1-3-7-14)12-22-18(23)15-8-4-5-9-16(15)19(22)24/h1-9H,10-12H2. The first-order valence-corrected chi connectivity index (χ1v) is 7.77. The summed E-state index contributed by atoms with van der Waals surface area (Å²) in [6.07, 6.45) is 0. The van der Waals surface area contributed by atoms with E-state index in [0.717, 1.165) is 10.6 Å². The lowest BCUT2D eigenvalue weighted by Gasteiger charge is -2.36. The van der Waals surface area contributed by atoms with Gasteiger partial charge in [0.2, 0.25) is 0 Å². The van der Waals surface area contributed by atoms with Crippen LogP contribution in [-0.4, -0.2) is 36.3 Å². The Kier molecular flexibility index (Phi) is 3.41. The number of hydrogen-bond acceptors (Lipinski definition) is 3. The van der Waals surface area contributed by atoms with Gasteiger partial charge in [-0.05, 0) is 24.3 Å². The fourth-order valence-corrected chi connectivity index (χ4v) is 3.04. The normalized spacial score (nSPS) is 16.3. The minimum Gasteiger partial charge on any atom is -0.363 e. The zero-order chi connectivity index (χ0) is 16.7. The van der Waals surface area contributed by atoms with Gasteiger partial charge in [0.1, 0.15) is 5.83 Å². The lowest BCUT2D eigenvalue weighted by atomic mass is 10.1. The summed E-state index contributed by atoms with van der Waals surface area (Å²) in [5.41, 5.74) is 2.37. The zero-order valence-electron chi connectivity index (χ0n) is 12.9. The molecular weight excluding hydrogens is 307 g/mol. The van der Waals surface area contributed by atoms with Gasteiger partial charge < -0.3 is 4.90 Å². The van der Waals surface area contributed by atoms with E-state index < -0.39 is 17.6 Å². The second-order valence-corrected chi connectivity index (χ2v) is 5.94. The molecule has 0 N–H and O–H groups in total. The number of para-hydroxylation sites is 1. The van der Waals surface area contributed by atoms with Crippen molar-refractivity contribution < 1.29 is 14.0 Å². The highest BCUT2D eigenvalue weighted by molar-refractivity contribution is 6.21. The van der Waals surface area contributed by atoms with E-state index in [1.165, 1.54) is 0 Å². The van der Waals surface area contributed by atoms with Crippen LogP contribution in [0.2, 0.25) is 0 Å². The van der Waals surface area contributed by atoms with E-state index in [-0.39, 0.29) is 6.54 Å². The Balaban J connectivity index is 1.47. The number of imide groups is 1. The highest BCUT2D eigenvalue weighted by atomic mass is 19.1. The van der Waals surface area contributed by atoms with Crippen molar-refractivity contribution >= 4 is 17.5 Å². The Labute approximate surface area is 138 Å². The van der Waals surface area contributed by atoms with Crippen molar-refractivity contribution in [1.82, 2.24) is 4.90 Å². The molecule has 2 heterocycles. The Morgan fingerprint density at radius 3 is 2.00 bits per heavy atom. The summed E-state index contributed by atoms with van der Waals surface area (Å²) >= 11 is 0. The van der Waals surface area contributed by atoms with Crippen molar-refractivity contribution in [3.8, 4) is 0 Å². The largest absolute Gasteiger partial charge is 0.363 e. The summed E-state index contributed by atoms with van der Waals surface area (Å²) in [7, 11) is 0. The lowest BCUT2D eigenvalue weighted by molar-refractivity contribution is 0.0659. The third kappa shape index (κ3) is 2.29. The van der Waals surface area contributed by atoms with Crippen LogP contribution in [0.25, 0.3) is 0 Å². The van der Waals surface area contributed by atoms with Crippen molar-refractivity contribution in [3.63, 3.8) is 0 Å².